The highest BCUT2D eigenvalue weighted by Gasteiger charge is 2.32. The third kappa shape index (κ3) is 5.66. The average Bonchev–Trinajstić information content (AvgIpc) is 3.32. The number of furan rings is 1. The SMILES string of the molecule is CC1CCN(c2ccc(C(=O)N[C@@H](C)Cc3ccco3)cc2S(=O)(=O)N2CCC(C)CC2)CC1. The van der Waals surface area contributed by atoms with Crippen molar-refractivity contribution in [3.63, 3.8) is 0 Å². The summed E-state index contributed by atoms with van der Waals surface area (Å²) in [6.45, 7) is 9.02. The van der Waals surface area contributed by atoms with Crippen LogP contribution in [-0.4, -0.2) is 50.9 Å². The molecule has 1 amide bonds. The molecule has 0 unspecified atom stereocenters. The number of carbonyl (C=O) groups is 1. The monoisotopic (exact) mass is 487 g/mol. The fourth-order valence-electron chi connectivity index (χ4n) is 4.83. The Labute approximate surface area is 203 Å². The fraction of sp³-hybridized carbons (Fsp3) is 0.577. The Bertz CT molecular complexity index is 1070. The summed E-state index contributed by atoms with van der Waals surface area (Å²) in [6, 6.07) is 8.70. The third-order valence-electron chi connectivity index (χ3n) is 7.17. The Balaban J connectivity index is 1.61. The maximum Gasteiger partial charge on any atom is 0.251 e. The number of carbonyl (C=O) groups excluding carboxylic acids is 1. The first kappa shape index (κ1) is 24.8. The van der Waals surface area contributed by atoms with Crippen LogP contribution in [0.15, 0.2) is 45.9 Å². The van der Waals surface area contributed by atoms with E-state index in [4.69, 9.17) is 4.42 Å². The van der Waals surface area contributed by atoms with Gasteiger partial charge >= 0.3 is 0 Å². The van der Waals surface area contributed by atoms with Crippen molar-refractivity contribution in [3.8, 4) is 0 Å². The molecule has 1 aromatic heterocycles. The lowest BCUT2D eigenvalue weighted by atomic mass is 9.98. The molecule has 34 heavy (non-hydrogen) atoms. The Hall–Kier alpha value is -2.32. The summed E-state index contributed by atoms with van der Waals surface area (Å²) in [7, 11) is -3.71. The minimum atomic E-state index is -3.71. The average molecular weight is 488 g/mol. The molecule has 0 aliphatic carbocycles. The van der Waals surface area contributed by atoms with E-state index in [1.165, 1.54) is 0 Å². The first-order valence-corrected chi connectivity index (χ1v) is 13.9. The minimum absolute atomic E-state index is 0.148. The zero-order valence-corrected chi connectivity index (χ0v) is 21.3. The third-order valence-corrected chi connectivity index (χ3v) is 9.10. The predicted octanol–water partition coefficient (Wildman–Crippen LogP) is 4.30. The number of nitrogens with one attached hydrogen (secondary N) is 1. The number of hydrogen-bond donors (Lipinski definition) is 1. The molecular weight excluding hydrogens is 450 g/mol. The summed E-state index contributed by atoms with van der Waals surface area (Å²) < 4.78 is 34.5. The van der Waals surface area contributed by atoms with Crippen LogP contribution in [0, 0.1) is 11.8 Å². The minimum Gasteiger partial charge on any atom is -0.469 e. The molecule has 186 valence electrons. The summed E-state index contributed by atoms with van der Waals surface area (Å²) in [5.41, 5.74) is 1.08. The second-order valence-electron chi connectivity index (χ2n) is 10.1. The van der Waals surface area contributed by atoms with Gasteiger partial charge < -0.3 is 14.6 Å². The lowest BCUT2D eigenvalue weighted by Crippen LogP contribution is -2.40. The summed E-state index contributed by atoms with van der Waals surface area (Å²) in [5.74, 6) is 1.69. The highest BCUT2D eigenvalue weighted by Crippen LogP contribution is 2.33. The Morgan fingerprint density at radius 1 is 1.06 bits per heavy atom. The van der Waals surface area contributed by atoms with Gasteiger partial charge in [0.2, 0.25) is 10.0 Å². The van der Waals surface area contributed by atoms with Gasteiger partial charge in [-0.3, -0.25) is 4.79 Å². The smallest absolute Gasteiger partial charge is 0.251 e. The van der Waals surface area contributed by atoms with E-state index in [2.05, 4.69) is 24.1 Å². The van der Waals surface area contributed by atoms with Crippen LogP contribution in [0.1, 0.15) is 62.6 Å². The zero-order valence-electron chi connectivity index (χ0n) is 20.5. The van der Waals surface area contributed by atoms with Crippen LogP contribution < -0.4 is 10.2 Å². The molecule has 0 spiro atoms. The van der Waals surface area contributed by atoms with Crippen molar-refractivity contribution in [2.75, 3.05) is 31.1 Å². The Kier molecular flexibility index (Phi) is 7.67. The fourth-order valence-corrected chi connectivity index (χ4v) is 6.53. The Morgan fingerprint density at radius 2 is 1.71 bits per heavy atom. The molecule has 3 heterocycles. The number of anilines is 1. The predicted molar refractivity (Wildman–Crippen MR) is 134 cm³/mol. The van der Waals surface area contributed by atoms with E-state index >= 15 is 0 Å². The van der Waals surface area contributed by atoms with Gasteiger partial charge in [-0.25, -0.2) is 8.42 Å². The molecule has 7 nitrogen and oxygen atoms in total. The molecule has 1 atom stereocenters. The van der Waals surface area contributed by atoms with Gasteiger partial charge in [0, 0.05) is 44.2 Å². The lowest BCUT2D eigenvalue weighted by molar-refractivity contribution is 0.0939. The molecule has 2 aliphatic rings. The van der Waals surface area contributed by atoms with Crippen molar-refractivity contribution < 1.29 is 17.6 Å². The van der Waals surface area contributed by atoms with E-state index in [1.54, 1.807) is 22.7 Å². The maximum absolute atomic E-state index is 13.8. The van der Waals surface area contributed by atoms with E-state index in [-0.39, 0.29) is 16.8 Å². The number of hydrogen-bond acceptors (Lipinski definition) is 5. The number of nitrogens with zero attached hydrogens (tertiary/aromatic N) is 2. The highest BCUT2D eigenvalue weighted by molar-refractivity contribution is 7.89. The highest BCUT2D eigenvalue weighted by atomic mass is 32.2. The van der Waals surface area contributed by atoms with Crippen LogP contribution in [0.2, 0.25) is 0 Å². The first-order chi connectivity index (χ1) is 16.2. The van der Waals surface area contributed by atoms with E-state index in [0.717, 1.165) is 44.5 Å². The molecule has 0 saturated carbocycles. The quantitative estimate of drug-likeness (QED) is 0.630. The number of amides is 1. The van der Waals surface area contributed by atoms with Gasteiger partial charge in [-0.05, 0) is 74.8 Å². The second-order valence-corrected chi connectivity index (χ2v) is 12.0. The molecule has 0 bridgehead atoms. The van der Waals surface area contributed by atoms with Crippen LogP contribution in [0.5, 0.6) is 0 Å². The van der Waals surface area contributed by atoms with Crippen molar-refractivity contribution in [3.05, 3.63) is 47.9 Å². The van der Waals surface area contributed by atoms with Gasteiger partial charge in [0.15, 0.2) is 0 Å². The zero-order chi connectivity index (χ0) is 24.3. The van der Waals surface area contributed by atoms with Crippen molar-refractivity contribution in [2.24, 2.45) is 11.8 Å². The van der Waals surface area contributed by atoms with Crippen LogP contribution in [-0.2, 0) is 16.4 Å². The summed E-state index contributed by atoms with van der Waals surface area (Å²) in [4.78, 5) is 15.5. The van der Waals surface area contributed by atoms with E-state index < -0.39 is 10.0 Å². The molecule has 2 saturated heterocycles. The number of piperidine rings is 2. The Morgan fingerprint density at radius 3 is 2.32 bits per heavy atom. The molecule has 0 radical (unpaired) electrons. The molecule has 2 aromatic rings. The van der Waals surface area contributed by atoms with Crippen molar-refractivity contribution in [1.82, 2.24) is 9.62 Å². The van der Waals surface area contributed by atoms with Crippen LogP contribution >= 0.6 is 0 Å². The van der Waals surface area contributed by atoms with Gasteiger partial charge in [-0.1, -0.05) is 13.8 Å². The van der Waals surface area contributed by atoms with Crippen molar-refractivity contribution in [1.29, 1.82) is 0 Å². The molecule has 2 fully saturated rings. The largest absolute Gasteiger partial charge is 0.469 e. The van der Waals surface area contributed by atoms with Crippen LogP contribution in [0.3, 0.4) is 0 Å². The standard InChI is InChI=1S/C26H37N3O4S/c1-19-8-12-28(13-9-19)24-7-6-22(26(30)27-21(3)17-23-5-4-16-33-23)18-25(24)34(31,32)29-14-10-20(2)11-15-29/h4-7,16,18-21H,8-15,17H2,1-3H3,(H,27,30)/t21-/m0/s1. The number of sulfonamides is 1. The summed E-state index contributed by atoms with van der Waals surface area (Å²) >= 11 is 0. The van der Waals surface area contributed by atoms with E-state index in [9.17, 15) is 13.2 Å². The lowest BCUT2D eigenvalue weighted by Gasteiger charge is -2.35. The van der Waals surface area contributed by atoms with Crippen LogP contribution in [0.25, 0.3) is 0 Å². The maximum atomic E-state index is 13.8. The first-order valence-electron chi connectivity index (χ1n) is 12.5. The second kappa shape index (κ2) is 10.5. The molecule has 2 aliphatic heterocycles. The molecule has 1 aromatic carbocycles. The topological polar surface area (TPSA) is 82.9 Å². The normalized spacial score (nSPS) is 19.8. The summed E-state index contributed by atoms with van der Waals surface area (Å²) in [6.07, 6.45) is 5.98. The number of benzene rings is 1. The van der Waals surface area contributed by atoms with Gasteiger partial charge in [-0.15, -0.1) is 0 Å². The van der Waals surface area contributed by atoms with Gasteiger partial charge in [0.05, 0.1) is 12.0 Å². The molecule has 4 rings (SSSR count). The van der Waals surface area contributed by atoms with Crippen molar-refractivity contribution in [2.45, 2.75) is 63.8 Å². The van der Waals surface area contributed by atoms with Gasteiger partial charge in [0.25, 0.3) is 5.91 Å². The van der Waals surface area contributed by atoms with Gasteiger partial charge in [0.1, 0.15) is 10.7 Å². The van der Waals surface area contributed by atoms with Gasteiger partial charge in [-0.2, -0.15) is 4.31 Å². The summed E-state index contributed by atoms with van der Waals surface area (Å²) in [5, 5.41) is 2.98. The number of rotatable bonds is 7. The molecule has 8 heteroatoms. The molecule has 1 N–H and O–H groups in total. The van der Waals surface area contributed by atoms with E-state index in [1.807, 2.05) is 25.1 Å². The van der Waals surface area contributed by atoms with Crippen molar-refractivity contribution >= 4 is 21.6 Å². The molecular formula is C26H37N3O4S. The van der Waals surface area contributed by atoms with Crippen LogP contribution in [0.4, 0.5) is 5.69 Å². The van der Waals surface area contributed by atoms with E-state index in [0.29, 0.717) is 42.6 Å².